The molecule has 0 bridgehead atoms. The van der Waals surface area contributed by atoms with Crippen molar-refractivity contribution >= 4 is 34.7 Å². The number of pyridine rings is 1. The van der Waals surface area contributed by atoms with E-state index in [0.29, 0.717) is 0 Å². The van der Waals surface area contributed by atoms with Crippen molar-refractivity contribution in [3.05, 3.63) is 75.4 Å². The zero-order valence-corrected chi connectivity index (χ0v) is 11.8. The van der Waals surface area contributed by atoms with Crippen LogP contribution in [-0.4, -0.2) is 4.98 Å². The van der Waals surface area contributed by atoms with Crippen molar-refractivity contribution < 1.29 is 0 Å². The topological polar surface area (TPSA) is 15.8 Å². The summed E-state index contributed by atoms with van der Waals surface area (Å²) < 4.78 is 0.790. The fourth-order valence-corrected chi connectivity index (χ4v) is 2.59. The number of H-pyrrole nitrogens is 1. The molecule has 0 fully saturated rings. The fourth-order valence-electron chi connectivity index (χ4n) is 2.17. The lowest BCUT2D eigenvalue weighted by Gasteiger charge is -2.05. The summed E-state index contributed by atoms with van der Waals surface area (Å²) in [6, 6.07) is 18.2. The first-order valence-corrected chi connectivity index (χ1v) is 6.86. The van der Waals surface area contributed by atoms with Gasteiger partial charge in [-0.25, -0.2) is 0 Å². The molecule has 0 saturated heterocycles. The van der Waals surface area contributed by atoms with E-state index < -0.39 is 0 Å². The van der Waals surface area contributed by atoms with Crippen molar-refractivity contribution in [2.75, 3.05) is 0 Å². The number of hydrogen-bond acceptors (Lipinski definition) is 1. The van der Waals surface area contributed by atoms with Gasteiger partial charge in [-0.2, -0.15) is 0 Å². The van der Waals surface area contributed by atoms with E-state index >= 15 is 0 Å². The summed E-state index contributed by atoms with van der Waals surface area (Å²) in [4.78, 5) is 3.26. The Hall–Kier alpha value is -1.64. The Kier molecular flexibility index (Phi) is 3.36. The molecule has 0 radical (unpaired) electrons. The summed E-state index contributed by atoms with van der Waals surface area (Å²) in [6.45, 7) is 0. The SMILES string of the molecule is S=c1[nH]c2ccc(Cl)cc2cc1Cc1ccccc1. The molecule has 0 aliphatic heterocycles. The Morgan fingerprint density at radius 2 is 1.79 bits per heavy atom. The highest BCUT2D eigenvalue weighted by Crippen LogP contribution is 2.21. The Balaban J connectivity index is 2.08. The van der Waals surface area contributed by atoms with E-state index in [4.69, 9.17) is 23.8 Å². The van der Waals surface area contributed by atoms with Crippen molar-refractivity contribution in [1.29, 1.82) is 0 Å². The molecule has 3 rings (SSSR count). The van der Waals surface area contributed by atoms with Gasteiger partial charge in [-0.05, 0) is 40.8 Å². The predicted molar refractivity (Wildman–Crippen MR) is 83.4 cm³/mol. The number of halogens is 1. The van der Waals surface area contributed by atoms with Crippen LogP contribution in [0.5, 0.6) is 0 Å². The molecule has 0 atom stereocenters. The third kappa shape index (κ3) is 2.70. The number of aromatic nitrogens is 1. The second-order valence-electron chi connectivity index (χ2n) is 4.52. The van der Waals surface area contributed by atoms with Crippen LogP contribution in [0.4, 0.5) is 0 Å². The molecule has 0 saturated carbocycles. The molecule has 0 aliphatic carbocycles. The molecule has 19 heavy (non-hydrogen) atoms. The number of benzene rings is 2. The van der Waals surface area contributed by atoms with Crippen molar-refractivity contribution in [1.82, 2.24) is 4.98 Å². The molecular weight excluding hydrogens is 274 g/mol. The van der Waals surface area contributed by atoms with Crippen molar-refractivity contribution in [2.45, 2.75) is 6.42 Å². The minimum Gasteiger partial charge on any atom is -0.346 e. The highest BCUT2D eigenvalue weighted by atomic mass is 35.5. The molecule has 1 heterocycles. The lowest BCUT2D eigenvalue weighted by Crippen LogP contribution is -1.92. The van der Waals surface area contributed by atoms with E-state index in [2.05, 4.69) is 23.2 Å². The molecule has 0 spiro atoms. The quantitative estimate of drug-likeness (QED) is 0.645. The highest BCUT2D eigenvalue weighted by molar-refractivity contribution is 7.71. The molecule has 1 nitrogen and oxygen atoms in total. The third-order valence-corrected chi connectivity index (χ3v) is 3.72. The summed E-state index contributed by atoms with van der Waals surface area (Å²) in [7, 11) is 0. The highest BCUT2D eigenvalue weighted by Gasteiger charge is 2.02. The lowest BCUT2D eigenvalue weighted by molar-refractivity contribution is 1.15. The van der Waals surface area contributed by atoms with Gasteiger partial charge in [0.1, 0.15) is 4.64 Å². The Morgan fingerprint density at radius 1 is 1.00 bits per heavy atom. The van der Waals surface area contributed by atoms with Crippen LogP contribution in [0.25, 0.3) is 10.9 Å². The minimum atomic E-state index is 0.740. The zero-order valence-electron chi connectivity index (χ0n) is 10.2. The van der Waals surface area contributed by atoms with Crippen LogP contribution in [0.2, 0.25) is 5.02 Å². The molecule has 1 aromatic heterocycles. The average molecular weight is 286 g/mol. The summed E-state index contributed by atoms with van der Waals surface area (Å²) >= 11 is 11.5. The van der Waals surface area contributed by atoms with Crippen LogP contribution < -0.4 is 0 Å². The minimum absolute atomic E-state index is 0.740. The van der Waals surface area contributed by atoms with Gasteiger partial charge in [0.05, 0.1) is 0 Å². The Labute approximate surface area is 121 Å². The van der Waals surface area contributed by atoms with Crippen LogP contribution in [0.15, 0.2) is 54.6 Å². The summed E-state index contributed by atoms with van der Waals surface area (Å²) in [5.41, 5.74) is 3.39. The van der Waals surface area contributed by atoms with Crippen LogP contribution in [0, 0.1) is 4.64 Å². The summed E-state index contributed by atoms with van der Waals surface area (Å²) in [5.74, 6) is 0. The molecule has 3 heteroatoms. The molecule has 0 unspecified atom stereocenters. The van der Waals surface area contributed by atoms with Gasteiger partial charge in [0, 0.05) is 17.0 Å². The fraction of sp³-hybridized carbons (Fsp3) is 0.0625. The first kappa shape index (κ1) is 12.4. The largest absolute Gasteiger partial charge is 0.346 e. The maximum atomic E-state index is 6.03. The molecule has 2 aromatic carbocycles. The molecule has 1 N–H and O–H groups in total. The van der Waals surface area contributed by atoms with Gasteiger partial charge in [0.15, 0.2) is 0 Å². The van der Waals surface area contributed by atoms with Crippen molar-refractivity contribution in [3.8, 4) is 0 Å². The Bertz CT molecular complexity index is 778. The standard InChI is InChI=1S/C16H12ClNS/c17-14-6-7-15-12(10-14)9-13(16(19)18-15)8-11-4-2-1-3-5-11/h1-7,9-10H,8H2,(H,18,19). The summed E-state index contributed by atoms with van der Waals surface area (Å²) in [5, 5.41) is 1.83. The van der Waals surface area contributed by atoms with Crippen LogP contribution in [-0.2, 0) is 6.42 Å². The number of nitrogens with one attached hydrogen (secondary N) is 1. The van der Waals surface area contributed by atoms with Crippen molar-refractivity contribution in [3.63, 3.8) is 0 Å². The number of fused-ring (bicyclic) bond motifs is 1. The van der Waals surface area contributed by atoms with E-state index in [9.17, 15) is 0 Å². The van der Waals surface area contributed by atoms with Gasteiger partial charge in [-0.3, -0.25) is 0 Å². The van der Waals surface area contributed by atoms with Gasteiger partial charge in [0.25, 0.3) is 0 Å². The number of hydrogen-bond donors (Lipinski definition) is 1. The van der Waals surface area contributed by atoms with E-state index in [0.717, 1.165) is 32.6 Å². The normalized spacial score (nSPS) is 10.8. The average Bonchev–Trinajstić information content (AvgIpc) is 2.41. The number of rotatable bonds is 2. The van der Waals surface area contributed by atoms with Crippen LogP contribution >= 0.6 is 23.8 Å². The third-order valence-electron chi connectivity index (χ3n) is 3.12. The van der Waals surface area contributed by atoms with Gasteiger partial charge in [-0.15, -0.1) is 0 Å². The predicted octanol–water partition coefficient (Wildman–Crippen LogP) is 5.14. The second-order valence-corrected chi connectivity index (χ2v) is 5.36. The zero-order chi connectivity index (χ0) is 13.2. The van der Waals surface area contributed by atoms with E-state index in [1.54, 1.807) is 0 Å². The van der Waals surface area contributed by atoms with E-state index in [1.165, 1.54) is 5.56 Å². The molecule has 94 valence electrons. The molecule has 3 aromatic rings. The lowest BCUT2D eigenvalue weighted by atomic mass is 10.0. The monoisotopic (exact) mass is 285 g/mol. The molecular formula is C16H12ClNS. The van der Waals surface area contributed by atoms with Gasteiger partial charge in [0.2, 0.25) is 0 Å². The van der Waals surface area contributed by atoms with Gasteiger partial charge >= 0.3 is 0 Å². The number of aromatic amines is 1. The first-order valence-electron chi connectivity index (χ1n) is 6.08. The smallest absolute Gasteiger partial charge is 0.107 e. The maximum absolute atomic E-state index is 6.03. The second kappa shape index (κ2) is 5.16. The molecule has 0 amide bonds. The van der Waals surface area contributed by atoms with Crippen LogP contribution in [0.1, 0.15) is 11.1 Å². The van der Waals surface area contributed by atoms with E-state index in [-0.39, 0.29) is 0 Å². The first-order chi connectivity index (χ1) is 9.22. The van der Waals surface area contributed by atoms with Gasteiger partial charge in [-0.1, -0.05) is 54.2 Å². The summed E-state index contributed by atoms with van der Waals surface area (Å²) in [6.07, 6.45) is 0.832. The van der Waals surface area contributed by atoms with Crippen LogP contribution in [0.3, 0.4) is 0 Å². The van der Waals surface area contributed by atoms with E-state index in [1.807, 2.05) is 36.4 Å². The Morgan fingerprint density at radius 3 is 2.58 bits per heavy atom. The van der Waals surface area contributed by atoms with Gasteiger partial charge < -0.3 is 4.98 Å². The molecule has 0 aliphatic rings. The maximum Gasteiger partial charge on any atom is 0.107 e. The van der Waals surface area contributed by atoms with Crippen molar-refractivity contribution in [2.24, 2.45) is 0 Å².